The summed E-state index contributed by atoms with van der Waals surface area (Å²) in [7, 11) is 5.47. The van der Waals surface area contributed by atoms with Gasteiger partial charge in [0.15, 0.2) is 0 Å². The Bertz CT molecular complexity index is 210. The van der Waals surface area contributed by atoms with E-state index >= 15 is 0 Å². The van der Waals surface area contributed by atoms with Crippen LogP contribution < -0.4 is 5.46 Å². The molecule has 0 fully saturated rings. The number of aryl methyl sites for hydroxylation is 2. The fourth-order valence-corrected chi connectivity index (χ4v) is 0.730. The van der Waals surface area contributed by atoms with Crippen molar-refractivity contribution in [2.75, 3.05) is 0 Å². The topological polar surface area (TPSA) is 33.1 Å². The molecule has 3 heteroatoms. The van der Waals surface area contributed by atoms with Crippen molar-refractivity contribution in [1.82, 2.24) is 4.98 Å². The van der Waals surface area contributed by atoms with Gasteiger partial charge in [-0.05, 0) is 19.9 Å². The van der Waals surface area contributed by atoms with Crippen LogP contribution in [0, 0.1) is 13.8 Å². The van der Waals surface area contributed by atoms with E-state index in [1.54, 1.807) is 6.92 Å². The molecule has 2 radical (unpaired) electrons. The van der Waals surface area contributed by atoms with Crippen LogP contribution in [-0.2, 0) is 0 Å². The molecule has 0 aliphatic rings. The lowest BCUT2D eigenvalue weighted by Crippen LogP contribution is -2.09. The molecule has 0 bridgehead atoms. The van der Waals surface area contributed by atoms with E-state index in [1.165, 1.54) is 6.07 Å². The Morgan fingerprint density at radius 1 is 1.40 bits per heavy atom. The maximum absolute atomic E-state index is 9.08. The summed E-state index contributed by atoms with van der Waals surface area (Å²) in [5.74, 6) is 0.156. The highest BCUT2D eigenvalue weighted by Gasteiger charge is 1.98. The Hall–Kier alpha value is -0.985. The van der Waals surface area contributed by atoms with Crippen molar-refractivity contribution in [3.05, 3.63) is 17.5 Å². The first-order valence-electron chi connectivity index (χ1n) is 3.04. The van der Waals surface area contributed by atoms with Gasteiger partial charge in [-0.3, -0.25) is 4.98 Å². The Kier molecular flexibility index (Phi) is 1.66. The normalized spacial score (nSPS) is 9.80. The standard InChI is InChI=1S/C7H8BNO/c1-4-6(8)3-7(10)5(2)9-4/h3,10H,1-2H3. The van der Waals surface area contributed by atoms with Crippen LogP contribution >= 0.6 is 0 Å². The van der Waals surface area contributed by atoms with E-state index in [-0.39, 0.29) is 5.75 Å². The highest BCUT2D eigenvalue weighted by atomic mass is 16.3. The zero-order valence-corrected chi connectivity index (χ0v) is 6.05. The number of hydrogen-bond donors (Lipinski definition) is 1. The SMILES string of the molecule is [B]c1cc(O)c(C)nc1C. The highest BCUT2D eigenvalue weighted by molar-refractivity contribution is 6.33. The molecule has 0 aliphatic carbocycles. The zero-order chi connectivity index (χ0) is 7.72. The summed E-state index contributed by atoms with van der Waals surface area (Å²) < 4.78 is 0. The van der Waals surface area contributed by atoms with Crippen LogP contribution in [0.2, 0.25) is 0 Å². The molecule has 1 N–H and O–H groups in total. The van der Waals surface area contributed by atoms with Crippen molar-refractivity contribution in [1.29, 1.82) is 0 Å². The molecule has 1 rings (SSSR count). The van der Waals surface area contributed by atoms with Crippen LogP contribution in [0.25, 0.3) is 0 Å². The Morgan fingerprint density at radius 3 is 2.50 bits per heavy atom. The fraction of sp³-hybridized carbons (Fsp3) is 0.286. The van der Waals surface area contributed by atoms with Crippen molar-refractivity contribution in [3.8, 4) is 5.75 Å². The number of aromatic hydroxyl groups is 1. The average molecular weight is 133 g/mol. The fourth-order valence-electron chi connectivity index (χ4n) is 0.730. The summed E-state index contributed by atoms with van der Waals surface area (Å²) in [4.78, 5) is 4.00. The van der Waals surface area contributed by atoms with Crippen molar-refractivity contribution in [3.63, 3.8) is 0 Å². The molecule has 1 aromatic heterocycles. The molecule has 1 heterocycles. The molecule has 1 aromatic rings. The molecular weight excluding hydrogens is 125 g/mol. The molecule has 0 aliphatic heterocycles. The summed E-state index contributed by atoms with van der Waals surface area (Å²) in [5, 5.41) is 9.08. The van der Waals surface area contributed by atoms with Gasteiger partial charge in [-0.15, -0.1) is 0 Å². The molecule has 50 valence electrons. The monoisotopic (exact) mass is 133 g/mol. The third-order valence-corrected chi connectivity index (χ3v) is 1.42. The first-order chi connectivity index (χ1) is 4.61. The molecular formula is C7H8BNO. The molecule has 0 spiro atoms. The third kappa shape index (κ3) is 1.13. The second-order valence-corrected chi connectivity index (χ2v) is 2.27. The molecule has 0 unspecified atom stereocenters. The summed E-state index contributed by atoms with van der Waals surface area (Å²) in [5.41, 5.74) is 1.91. The van der Waals surface area contributed by atoms with E-state index < -0.39 is 0 Å². The molecule has 10 heavy (non-hydrogen) atoms. The molecule has 0 atom stereocenters. The lowest BCUT2D eigenvalue weighted by molar-refractivity contribution is 0.468. The van der Waals surface area contributed by atoms with Crippen LogP contribution in [-0.4, -0.2) is 17.9 Å². The van der Waals surface area contributed by atoms with Crippen LogP contribution in [0.3, 0.4) is 0 Å². The quantitative estimate of drug-likeness (QED) is 0.512. The predicted octanol–water partition coefficient (Wildman–Crippen LogP) is 0.198. The number of aromatic nitrogens is 1. The number of nitrogens with zero attached hydrogens (tertiary/aromatic N) is 1. The lowest BCUT2D eigenvalue weighted by Gasteiger charge is -2.02. The summed E-state index contributed by atoms with van der Waals surface area (Å²) in [6.07, 6.45) is 0. The van der Waals surface area contributed by atoms with Gasteiger partial charge in [0.2, 0.25) is 0 Å². The minimum absolute atomic E-state index is 0.156. The van der Waals surface area contributed by atoms with E-state index in [9.17, 15) is 0 Å². The first-order valence-corrected chi connectivity index (χ1v) is 3.04. The summed E-state index contributed by atoms with van der Waals surface area (Å²) in [6.45, 7) is 3.55. The van der Waals surface area contributed by atoms with Crippen molar-refractivity contribution >= 4 is 13.3 Å². The second-order valence-electron chi connectivity index (χ2n) is 2.27. The minimum atomic E-state index is 0.156. The third-order valence-electron chi connectivity index (χ3n) is 1.42. The van der Waals surface area contributed by atoms with Crippen LogP contribution in [0.15, 0.2) is 6.07 Å². The lowest BCUT2D eigenvalue weighted by atomic mass is 9.94. The van der Waals surface area contributed by atoms with Gasteiger partial charge in [-0.2, -0.15) is 0 Å². The number of pyridine rings is 1. The minimum Gasteiger partial charge on any atom is -0.506 e. The van der Waals surface area contributed by atoms with Crippen LogP contribution in [0.5, 0.6) is 5.75 Å². The maximum atomic E-state index is 9.08. The summed E-state index contributed by atoms with van der Waals surface area (Å²) >= 11 is 0. The molecule has 2 nitrogen and oxygen atoms in total. The first kappa shape index (κ1) is 7.13. The van der Waals surface area contributed by atoms with Gasteiger partial charge in [-0.1, -0.05) is 5.46 Å². The largest absolute Gasteiger partial charge is 0.506 e. The number of hydrogen-bond acceptors (Lipinski definition) is 2. The van der Waals surface area contributed by atoms with Crippen LogP contribution in [0.4, 0.5) is 0 Å². The van der Waals surface area contributed by atoms with Gasteiger partial charge in [0.25, 0.3) is 0 Å². The van der Waals surface area contributed by atoms with Crippen molar-refractivity contribution in [2.24, 2.45) is 0 Å². The molecule has 0 aromatic carbocycles. The van der Waals surface area contributed by atoms with Crippen molar-refractivity contribution < 1.29 is 5.11 Å². The van der Waals surface area contributed by atoms with Crippen molar-refractivity contribution in [2.45, 2.75) is 13.8 Å². The summed E-state index contributed by atoms with van der Waals surface area (Å²) in [6, 6.07) is 1.51. The smallest absolute Gasteiger partial charge is 0.136 e. The highest BCUT2D eigenvalue weighted by Crippen LogP contribution is 2.09. The Morgan fingerprint density at radius 2 is 2.00 bits per heavy atom. The van der Waals surface area contributed by atoms with Gasteiger partial charge in [0.1, 0.15) is 13.6 Å². The predicted molar refractivity (Wildman–Crippen MR) is 40.8 cm³/mol. The Labute approximate surface area is 61.3 Å². The van der Waals surface area contributed by atoms with Gasteiger partial charge >= 0.3 is 0 Å². The molecule has 0 amide bonds. The van der Waals surface area contributed by atoms with Gasteiger partial charge in [-0.25, -0.2) is 0 Å². The average Bonchev–Trinajstić information content (AvgIpc) is 1.84. The number of rotatable bonds is 0. The Balaban J connectivity index is 3.28. The van der Waals surface area contributed by atoms with E-state index in [1.807, 2.05) is 6.92 Å². The van der Waals surface area contributed by atoms with E-state index in [4.69, 9.17) is 13.0 Å². The molecule has 0 saturated carbocycles. The van der Waals surface area contributed by atoms with E-state index in [0.29, 0.717) is 11.2 Å². The van der Waals surface area contributed by atoms with Crippen LogP contribution in [0.1, 0.15) is 11.4 Å². The second kappa shape index (κ2) is 2.33. The van der Waals surface area contributed by atoms with E-state index in [0.717, 1.165) is 5.69 Å². The molecule has 0 saturated heterocycles. The van der Waals surface area contributed by atoms with Gasteiger partial charge < -0.3 is 5.11 Å². The van der Waals surface area contributed by atoms with Gasteiger partial charge in [0.05, 0.1) is 5.69 Å². The van der Waals surface area contributed by atoms with E-state index in [2.05, 4.69) is 4.98 Å². The van der Waals surface area contributed by atoms with Gasteiger partial charge in [0, 0.05) is 5.69 Å². The zero-order valence-electron chi connectivity index (χ0n) is 6.05. The maximum Gasteiger partial charge on any atom is 0.136 e.